The number of nitrogens with one attached hydrogen (secondary N) is 2. The fourth-order valence-electron chi connectivity index (χ4n) is 7.49. The standard InChI is InChI=1S/C23H25N3O5.C13H11BrN2O3.C10H15NO2/c1-23(2,3)31-22(30)25-11-15(12-25)5-4-14-6-7-17-16(10-14)13-26(21(17)29)18-8-9-19(27)24-20(18)28;14-8-1-2-9-7(5-8)6-16(13(9)19)10-3-4-11(17)15-12(10)18;1-5-8-6-11(7-8)9(12)13-10(2,3)4/h6-7,10,15,18H,8-9,11-13H2,1-3H3,(H,24,27,28);1-2,5,10H,3-4,6H2,(H,15,17,18);1,8H,6-7H2,2-4H3. The van der Waals surface area contributed by atoms with Crippen LogP contribution >= 0.6 is 15.9 Å². The topological polar surface area (TPSA) is 192 Å². The van der Waals surface area contributed by atoms with Crippen LogP contribution in [0.15, 0.2) is 40.9 Å². The summed E-state index contributed by atoms with van der Waals surface area (Å²) in [4.78, 5) is 101. The molecule has 0 aromatic heterocycles. The molecular formula is C46H51BrN6O10. The van der Waals surface area contributed by atoms with Gasteiger partial charge in [0, 0.05) is 73.3 Å². The van der Waals surface area contributed by atoms with E-state index in [-0.39, 0.29) is 66.4 Å². The third-order valence-corrected chi connectivity index (χ3v) is 11.2. The maximum absolute atomic E-state index is 12.7. The highest BCUT2D eigenvalue weighted by Crippen LogP contribution is 2.30. The predicted octanol–water partition coefficient (Wildman–Crippen LogP) is 4.36. The number of carbonyl (C=O) groups is 8. The van der Waals surface area contributed by atoms with Gasteiger partial charge in [0.1, 0.15) is 23.3 Å². The Morgan fingerprint density at radius 3 is 1.57 bits per heavy atom. The Morgan fingerprint density at radius 2 is 1.13 bits per heavy atom. The van der Waals surface area contributed by atoms with E-state index in [4.69, 9.17) is 15.9 Å². The summed E-state index contributed by atoms with van der Waals surface area (Å²) in [6.45, 7) is 14.1. The second-order valence-corrected chi connectivity index (χ2v) is 19.0. The fraction of sp³-hybridized carbons (Fsp3) is 0.478. The molecule has 4 fully saturated rings. The van der Waals surface area contributed by atoms with Crippen molar-refractivity contribution in [1.82, 2.24) is 30.2 Å². The lowest BCUT2D eigenvalue weighted by Gasteiger charge is -2.37. The summed E-state index contributed by atoms with van der Waals surface area (Å²) in [7, 11) is 0. The molecule has 0 bridgehead atoms. The van der Waals surface area contributed by atoms with Crippen molar-refractivity contribution in [2.45, 2.75) is 104 Å². The Balaban J connectivity index is 0.000000175. The van der Waals surface area contributed by atoms with Gasteiger partial charge in [-0.05, 0) is 102 Å². The number of hydrogen-bond acceptors (Lipinski definition) is 10. The molecule has 4 saturated heterocycles. The molecule has 2 aromatic rings. The number of ether oxygens (including phenoxy) is 2. The number of nitrogens with zero attached hydrogens (tertiary/aromatic N) is 4. The normalized spacial score (nSPS) is 20.8. The van der Waals surface area contributed by atoms with Crippen molar-refractivity contribution in [3.63, 3.8) is 0 Å². The van der Waals surface area contributed by atoms with E-state index in [1.807, 2.05) is 59.7 Å². The lowest BCUT2D eigenvalue weighted by atomic mass is 10.0. The van der Waals surface area contributed by atoms with Crippen LogP contribution in [0, 0.1) is 36.0 Å². The van der Waals surface area contributed by atoms with Crippen LogP contribution in [0.5, 0.6) is 0 Å². The average molecular weight is 928 g/mol. The minimum Gasteiger partial charge on any atom is -0.444 e. The highest BCUT2D eigenvalue weighted by Gasteiger charge is 2.41. The summed E-state index contributed by atoms with van der Waals surface area (Å²) < 4.78 is 11.4. The maximum atomic E-state index is 12.7. The minimum atomic E-state index is -0.624. The van der Waals surface area contributed by atoms with Crippen LogP contribution < -0.4 is 10.6 Å². The lowest BCUT2D eigenvalue weighted by Crippen LogP contribution is -2.52. The van der Waals surface area contributed by atoms with Gasteiger partial charge in [-0.25, -0.2) is 9.59 Å². The number of imide groups is 2. The summed E-state index contributed by atoms with van der Waals surface area (Å²) in [5.41, 5.74) is 2.78. The molecule has 332 valence electrons. The first-order valence-corrected chi connectivity index (χ1v) is 21.5. The molecule has 6 aliphatic heterocycles. The van der Waals surface area contributed by atoms with E-state index in [1.54, 1.807) is 32.9 Å². The second-order valence-electron chi connectivity index (χ2n) is 18.1. The van der Waals surface area contributed by atoms with Crippen molar-refractivity contribution in [3.8, 4) is 24.2 Å². The van der Waals surface area contributed by atoms with E-state index in [1.165, 1.54) is 4.90 Å². The van der Waals surface area contributed by atoms with Crippen molar-refractivity contribution in [2.75, 3.05) is 26.2 Å². The fourth-order valence-corrected chi connectivity index (χ4v) is 7.89. The van der Waals surface area contributed by atoms with E-state index in [2.05, 4.69) is 44.3 Å². The molecule has 63 heavy (non-hydrogen) atoms. The molecule has 2 N–H and O–H groups in total. The number of hydrogen-bond donors (Lipinski definition) is 2. The molecule has 2 unspecified atom stereocenters. The van der Waals surface area contributed by atoms with Crippen LogP contribution in [0.1, 0.15) is 105 Å². The van der Waals surface area contributed by atoms with Gasteiger partial charge in [0.25, 0.3) is 11.8 Å². The van der Waals surface area contributed by atoms with Crippen LogP contribution in [-0.4, -0.2) is 117 Å². The van der Waals surface area contributed by atoms with Gasteiger partial charge in [-0.15, -0.1) is 6.42 Å². The summed E-state index contributed by atoms with van der Waals surface area (Å²) in [6.07, 6.45) is 5.85. The van der Waals surface area contributed by atoms with Crippen molar-refractivity contribution >= 4 is 63.6 Å². The number of rotatable bonds is 2. The molecule has 6 aliphatic rings. The number of fused-ring (bicyclic) bond motifs is 2. The van der Waals surface area contributed by atoms with Gasteiger partial charge >= 0.3 is 12.2 Å². The molecule has 0 spiro atoms. The summed E-state index contributed by atoms with van der Waals surface area (Å²) >= 11 is 3.37. The van der Waals surface area contributed by atoms with E-state index >= 15 is 0 Å². The van der Waals surface area contributed by atoms with E-state index in [0.29, 0.717) is 63.2 Å². The van der Waals surface area contributed by atoms with Crippen molar-refractivity contribution in [2.24, 2.45) is 11.8 Å². The molecule has 8 rings (SSSR count). The Bertz CT molecular complexity index is 2340. The van der Waals surface area contributed by atoms with E-state index in [0.717, 1.165) is 21.2 Å². The molecule has 0 saturated carbocycles. The van der Waals surface area contributed by atoms with Crippen molar-refractivity contribution in [1.29, 1.82) is 0 Å². The first kappa shape index (κ1) is 46.3. The van der Waals surface area contributed by atoms with Crippen LogP contribution in [-0.2, 0) is 41.7 Å². The Hall–Kier alpha value is -6.20. The van der Waals surface area contributed by atoms with Gasteiger partial charge in [0.2, 0.25) is 23.6 Å². The zero-order valence-corrected chi connectivity index (χ0v) is 37.8. The molecule has 0 radical (unpaired) electrons. The van der Waals surface area contributed by atoms with Crippen LogP contribution in [0.2, 0.25) is 0 Å². The highest BCUT2D eigenvalue weighted by atomic mass is 79.9. The molecular weight excluding hydrogens is 876 g/mol. The highest BCUT2D eigenvalue weighted by molar-refractivity contribution is 9.10. The van der Waals surface area contributed by atoms with Gasteiger partial charge < -0.3 is 29.1 Å². The van der Waals surface area contributed by atoms with Gasteiger partial charge in [-0.2, -0.15) is 0 Å². The third-order valence-electron chi connectivity index (χ3n) is 10.7. The first-order chi connectivity index (χ1) is 29.6. The lowest BCUT2D eigenvalue weighted by molar-refractivity contribution is -0.138. The van der Waals surface area contributed by atoms with Crippen molar-refractivity contribution < 1.29 is 47.8 Å². The number of piperidine rings is 2. The Morgan fingerprint density at radius 1 is 0.683 bits per heavy atom. The number of amides is 8. The number of halogens is 1. The minimum absolute atomic E-state index is 0.0855. The molecule has 17 heteroatoms. The van der Waals surface area contributed by atoms with Gasteiger partial charge in [0.05, 0.1) is 11.8 Å². The number of carbonyl (C=O) groups excluding carboxylic acids is 8. The van der Waals surface area contributed by atoms with Gasteiger partial charge in [-0.3, -0.25) is 39.4 Å². The van der Waals surface area contributed by atoms with Gasteiger partial charge in [-0.1, -0.05) is 33.7 Å². The van der Waals surface area contributed by atoms with Gasteiger partial charge in [0.15, 0.2) is 0 Å². The van der Waals surface area contributed by atoms with Crippen LogP contribution in [0.25, 0.3) is 0 Å². The summed E-state index contributed by atoms with van der Waals surface area (Å²) in [5.74, 6) is 7.49. The molecule has 6 heterocycles. The number of likely N-dealkylation sites (tertiary alicyclic amines) is 2. The number of terminal acetylenes is 1. The smallest absolute Gasteiger partial charge is 0.410 e. The first-order valence-electron chi connectivity index (χ1n) is 20.7. The second kappa shape index (κ2) is 18.6. The maximum Gasteiger partial charge on any atom is 0.410 e. The molecule has 2 aromatic carbocycles. The predicted molar refractivity (Wildman–Crippen MR) is 231 cm³/mol. The average Bonchev–Trinajstić information content (AvgIpc) is 3.64. The quantitative estimate of drug-likeness (QED) is 0.323. The summed E-state index contributed by atoms with van der Waals surface area (Å²) in [5, 5.41) is 4.59. The monoisotopic (exact) mass is 926 g/mol. The molecule has 8 amide bonds. The molecule has 2 atom stereocenters. The van der Waals surface area contributed by atoms with Crippen LogP contribution in [0.3, 0.4) is 0 Å². The largest absolute Gasteiger partial charge is 0.444 e. The van der Waals surface area contributed by atoms with E-state index in [9.17, 15) is 38.4 Å². The zero-order chi connectivity index (χ0) is 46.0. The summed E-state index contributed by atoms with van der Waals surface area (Å²) in [6, 6.07) is 9.69. The third kappa shape index (κ3) is 11.4. The zero-order valence-electron chi connectivity index (χ0n) is 36.2. The van der Waals surface area contributed by atoms with Crippen molar-refractivity contribution in [3.05, 3.63) is 68.7 Å². The van der Waals surface area contributed by atoms with Crippen LogP contribution in [0.4, 0.5) is 9.59 Å². The Kier molecular flexibility index (Phi) is 13.7. The number of benzene rings is 2. The molecule has 0 aliphatic carbocycles. The SMILES string of the molecule is C#CC1CN(C(=O)OC(C)(C)C)C1.CC(C)(C)OC(=O)N1CC(C#Cc2ccc3c(c2)CN(C2CCC(=O)NC2=O)C3=O)C1.O=C1CCC(N2Cc3cc(Br)ccc3C2=O)C(=O)N1. The van der Waals surface area contributed by atoms with E-state index < -0.39 is 29.2 Å². The molecule has 16 nitrogen and oxygen atoms in total. The Labute approximate surface area is 374 Å².